The van der Waals surface area contributed by atoms with Gasteiger partial charge in [-0.05, 0) is 6.42 Å². The molecule has 0 radical (unpaired) electrons. The standard InChI is InChI=1S/C10H16N4O2/c1-16-10-8(11)9(12-6-13-10)14-3-2-7(4-14)5-15/h6-7,15H,2-5,11H2,1H3. The van der Waals surface area contributed by atoms with Gasteiger partial charge < -0.3 is 20.5 Å². The zero-order valence-electron chi connectivity index (χ0n) is 9.26. The maximum atomic E-state index is 9.09. The van der Waals surface area contributed by atoms with Crippen molar-refractivity contribution in [1.29, 1.82) is 0 Å². The Morgan fingerprint density at radius 2 is 2.44 bits per heavy atom. The predicted octanol–water partition coefficient (Wildman–Crippen LogP) is -0.114. The predicted molar refractivity (Wildman–Crippen MR) is 60.4 cm³/mol. The number of rotatable bonds is 3. The van der Waals surface area contributed by atoms with Crippen LogP contribution >= 0.6 is 0 Å². The molecule has 1 aromatic heterocycles. The summed E-state index contributed by atoms with van der Waals surface area (Å²) in [6.07, 6.45) is 2.40. The van der Waals surface area contributed by atoms with Crippen LogP contribution in [0.1, 0.15) is 6.42 Å². The highest BCUT2D eigenvalue weighted by atomic mass is 16.5. The highest BCUT2D eigenvalue weighted by Gasteiger charge is 2.25. The molecule has 0 saturated carbocycles. The Bertz CT molecular complexity index is 372. The summed E-state index contributed by atoms with van der Waals surface area (Å²) in [6.45, 7) is 1.84. The van der Waals surface area contributed by atoms with Gasteiger partial charge in [-0.25, -0.2) is 4.98 Å². The van der Waals surface area contributed by atoms with Gasteiger partial charge in [-0.2, -0.15) is 4.98 Å². The first kappa shape index (κ1) is 10.9. The van der Waals surface area contributed by atoms with Gasteiger partial charge in [-0.1, -0.05) is 0 Å². The maximum Gasteiger partial charge on any atom is 0.242 e. The van der Waals surface area contributed by atoms with Gasteiger partial charge in [0.05, 0.1) is 7.11 Å². The summed E-state index contributed by atoms with van der Waals surface area (Å²) in [4.78, 5) is 10.2. The summed E-state index contributed by atoms with van der Waals surface area (Å²) in [5.41, 5.74) is 6.37. The molecule has 16 heavy (non-hydrogen) atoms. The highest BCUT2D eigenvalue weighted by Crippen LogP contribution is 2.30. The topological polar surface area (TPSA) is 84.5 Å². The molecule has 3 N–H and O–H groups in total. The molecule has 1 aromatic rings. The van der Waals surface area contributed by atoms with E-state index < -0.39 is 0 Å². The van der Waals surface area contributed by atoms with E-state index in [4.69, 9.17) is 15.6 Å². The van der Waals surface area contributed by atoms with E-state index in [0.29, 0.717) is 23.3 Å². The Morgan fingerprint density at radius 3 is 3.06 bits per heavy atom. The van der Waals surface area contributed by atoms with Crippen molar-refractivity contribution in [3.05, 3.63) is 6.33 Å². The van der Waals surface area contributed by atoms with E-state index in [1.54, 1.807) is 0 Å². The lowest BCUT2D eigenvalue weighted by Gasteiger charge is -2.19. The third-order valence-electron chi connectivity index (χ3n) is 2.86. The fourth-order valence-corrected chi connectivity index (χ4v) is 1.96. The number of aliphatic hydroxyl groups excluding tert-OH is 1. The Labute approximate surface area is 94.1 Å². The first-order valence-electron chi connectivity index (χ1n) is 5.26. The van der Waals surface area contributed by atoms with E-state index in [-0.39, 0.29) is 6.61 Å². The van der Waals surface area contributed by atoms with Crippen LogP contribution in [0.25, 0.3) is 0 Å². The second-order valence-corrected chi connectivity index (χ2v) is 3.90. The average Bonchev–Trinajstić information content (AvgIpc) is 2.78. The minimum Gasteiger partial charge on any atom is -0.479 e. The van der Waals surface area contributed by atoms with Gasteiger partial charge >= 0.3 is 0 Å². The lowest BCUT2D eigenvalue weighted by atomic mass is 10.1. The molecule has 1 fully saturated rings. The summed E-state index contributed by atoms with van der Waals surface area (Å²) in [7, 11) is 1.53. The van der Waals surface area contributed by atoms with Crippen molar-refractivity contribution >= 4 is 11.5 Å². The molecule has 1 saturated heterocycles. The SMILES string of the molecule is COc1ncnc(N2CCC(CO)C2)c1N. The van der Waals surface area contributed by atoms with Crippen LogP contribution in [0.2, 0.25) is 0 Å². The van der Waals surface area contributed by atoms with E-state index in [2.05, 4.69) is 14.9 Å². The molecule has 1 unspecified atom stereocenters. The molecule has 2 rings (SSSR count). The third kappa shape index (κ3) is 1.88. The molecule has 1 aliphatic rings. The molecule has 2 heterocycles. The molecular weight excluding hydrogens is 208 g/mol. The van der Waals surface area contributed by atoms with Crippen LogP contribution in [-0.2, 0) is 0 Å². The van der Waals surface area contributed by atoms with E-state index in [1.807, 2.05) is 0 Å². The van der Waals surface area contributed by atoms with Gasteiger partial charge in [0, 0.05) is 25.6 Å². The van der Waals surface area contributed by atoms with Gasteiger partial charge in [0.15, 0.2) is 5.82 Å². The average molecular weight is 224 g/mol. The minimum atomic E-state index is 0.207. The monoisotopic (exact) mass is 224 g/mol. The number of nitrogens with zero attached hydrogens (tertiary/aromatic N) is 3. The summed E-state index contributed by atoms with van der Waals surface area (Å²) >= 11 is 0. The number of methoxy groups -OCH3 is 1. The first-order chi connectivity index (χ1) is 7.76. The van der Waals surface area contributed by atoms with Crippen LogP contribution < -0.4 is 15.4 Å². The van der Waals surface area contributed by atoms with Crippen LogP contribution in [0.3, 0.4) is 0 Å². The molecule has 0 spiro atoms. The fraction of sp³-hybridized carbons (Fsp3) is 0.600. The summed E-state index contributed by atoms with van der Waals surface area (Å²) in [6, 6.07) is 0. The van der Waals surface area contributed by atoms with E-state index >= 15 is 0 Å². The van der Waals surface area contributed by atoms with Crippen molar-refractivity contribution in [2.75, 3.05) is 37.4 Å². The molecule has 1 atom stereocenters. The number of hydrogen-bond donors (Lipinski definition) is 2. The number of hydrogen-bond acceptors (Lipinski definition) is 6. The molecule has 6 heteroatoms. The Hall–Kier alpha value is -1.56. The fourth-order valence-electron chi connectivity index (χ4n) is 1.96. The van der Waals surface area contributed by atoms with Crippen molar-refractivity contribution < 1.29 is 9.84 Å². The molecule has 0 aliphatic carbocycles. The Balaban J connectivity index is 2.21. The van der Waals surface area contributed by atoms with E-state index in [1.165, 1.54) is 13.4 Å². The lowest BCUT2D eigenvalue weighted by molar-refractivity contribution is 0.238. The number of anilines is 2. The summed E-state index contributed by atoms with van der Waals surface area (Å²) < 4.78 is 5.05. The van der Waals surface area contributed by atoms with Crippen LogP contribution in [0.4, 0.5) is 11.5 Å². The van der Waals surface area contributed by atoms with E-state index in [0.717, 1.165) is 19.5 Å². The normalized spacial score (nSPS) is 20.1. The molecular formula is C10H16N4O2. The van der Waals surface area contributed by atoms with Crippen molar-refractivity contribution in [2.45, 2.75) is 6.42 Å². The van der Waals surface area contributed by atoms with Crippen molar-refractivity contribution in [1.82, 2.24) is 9.97 Å². The van der Waals surface area contributed by atoms with Crippen molar-refractivity contribution in [2.24, 2.45) is 5.92 Å². The molecule has 1 aliphatic heterocycles. The molecule has 6 nitrogen and oxygen atoms in total. The smallest absolute Gasteiger partial charge is 0.242 e. The number of nitrogen functional groups attached to an aromatic ring is 1. The number of aromatic nitrogens is 2. The maximum absolute atomic E-state index is 9.09. The largest absolute Gasteiger partial charge is 0.479 e. The zero-order chi connectivity index (χ0) is 11.5. The number of aliphatic hydroxyl groups is 1. The van der Waals surface area contributed by atoms with E-state index in [9.17, 15) is 0 Å². The molecule has 0 amide bonds. The van der Waals surface area contributed by atoms with Crippen molar-refractivity contribution in [3.8, 4) is 5.88 Å². The third-order valence-corrected chi connectivity index (χ3v) is 2.86. The molecule has 88 valence electrons. The number of nitrogens with two attached hydrogens (primary N) is 1. The quantitative estimate of drug-likeness (QED) is 0.745. The van der Waals surface area contributed by atoms with Gasteiger partial charge in [-0.3, -0.25) is 0 Å². The lowest BCUT2D eigenvalue weighted by Crippen LogP contribution is -2.23. The van der Waals surface area contributed by atoms with Gasteiger partial charge in [0.25, 0.3) is 0 Å². The van der Waals surface area contributed by atoms with Crippen LogP contribution in [0, 0.1) is 5.92 Å². The van der Waals surface area contributed by atoms with Crippen molar-refractivity contribution in [3.63, 3.8) is 0 Å². The zero-order valence-corrected chi connectivity index (χ0v) is 9.26. The van der Waals surface area contributed by atoms with Crippen LogP contribution in [0.5, 0.6) is 5.88 Å². The van der Waals surface area contributed by atoms with Gasteiger partial charge in [0.1, 0.15) is 12.0 Å². The van der Waals surface area contributed by atoms with Gasteiger partial charge in [0.2, 0.25) is 5.88 Å². The van der Waals surface area contributed by atoms with Crippen LogP contribution in [-0.4, -0.2) is 41.9 Å². The summed E-state index contributed by atoms with van der Waals surface area (Å²) in [5.74, 6) is 1.40. The van der Waals surface area contributed by atoms with Gasteiger partial charge in [-0.15, -0.1) is 0 Å². The Kier molecular flexibility index (Phi) is 3.09. The number of ether oxygens (including phenoxy) is 1. The first-order valence-corrected chi connectivity index (χ1v) is 5.26. The Morgan fingerprint density at radius 1 is 1.62 bits per heavy atom. The molecule has 0 aromatic carbocycles. The summed E-state index contributed by atoms with van der Waals surface area (Å²) in [5, 5.41) is 9.09. The molecule has 0 bridgehead atoms. The minimum absolute atomic E-state index is 0.207. The van der Waals surface area contributed by atoms with Crippen LogP contribution in [0.15, 0.2) is 6.33 Å². The highest BCUT2D eigenvalue weighted by molar-refractivity contribution is 5.68. The second kappa shape index (κ2) is 4.52. The second-order valence-electron chi connectivity index (χ2n) is 3.90.